The molecule has 1 saturated heterocycles. The SMILES string of the molecule is C[C@@H]1CCCN(c2ccc(CNC(=O)Cc3cccc(Br)c3)cc2)C1. The predicted molar refractivity (Wildman–Crippen MR) is 107 cm³/mol. The maximum Gasteiger partial charge on any atom is 0.224 e. The van der Waals surface area contributed by atoms with Gasteiger partial charge in [-0.15, -0.1) is 0 Å². The van der Waals surface area contributed by atoms with Gasteiger partial charge in [0.05, 0.1) is 6.42 Å². The summed E-state index contributed by atoms with van der Waals surface area (Å²) in [6, 6.07) is 16.5. The van der Waals surface area contributed by atoms with Crippen LogP contribution in [0.5, 0.6) is 0 Å². The first kappa shape index (κ1) is 18.0. The van der Waals surface area contributed by atoms with E-state index >= 15 is 0 Å². The van der Waals surface area contributed by atoms with Crippen LogP contribution < -0.4 is 10.2 Å². The molecular weight excluding hydrogens is 376 g/mol. The van der Waals surface area contributed by atoms with Crippen LogP contribution >= 0.6 is 15.9 Å². The molecule has 0 bridgehead atoms. The number of nitrogens with one attached hydrogen (secondary N) is 1. The highest BCUT2D eigenvalue weighted by atomic mass is 79.9. The first-order valence-corrected chi connectivity index (χ1v) is 9.74. The molecule has 25 heavy (non-hydrogen) atoms. The molecule has 1 aliphatic rings. The van der Waals surface area contributed by atoms with Gasteiger partial charge in [0.15, 0.2) is 0 Å². The van der Waals surface area contributed by atoms with Crippen LogP contribution in [0, 0.1) is 5.92 Å². The highest BCUT2D eigenvalue weighted by Gasteiger charge is 2.16. The molecule has 2 aromatic carbocycles. The van der Waals surface area contributed by atoms with Gasteiger partial charge in [-0.1, -0.05) is 47.1 Å². The lowest BCUT2D eigenvalue weighted by molar-refractivity contribution is -0.120. The van der Waals surface area contributed by atoms with E-state index in [-0.39, 0.29) is 5.91 Å². The van der Waals surface area contributed by atoms with Crippen molar-refractivity contribution in [3.05, 3.63) is 64.1 Å². The Balaban J connectivity index is 1.50. The van der Waals surface area contributed by atoms with E-state index in [9.17, 15) is 4.79 Å². The van der Waals surface area contributed by atoms with E-state index in [0.29, 0.717) is 13.0 Å². The van der Waals surface area contributed by atoms with Crippen LogP contribution in [0.1, 0.15) is 30.9 Å². The first-order valence-electron chi connectivity index (χ1n) is 8.95. The monoisotopic (exact) mass is 400 g/mol. The largest absolute Gasteiger partial charge is 0.371 e. The number of carbonyl (C=O) groups excluding carboxylic acids is 1. The van der Waals surface area contributed by atoms with Crippen molar-refractivity contribution in [2.24, 2.45) is 5.92 Å². The van der Waals surface area contributed by atoms with Gasteiger partial charge in [-0.05, 0) is 54.2 Å². The number of piperidine rings is 1. The standard InChI is InChI=1S/C21H25BrN2O/c1-16-4-3-11-24(15-16)20-9-7-17(8-10-20)14-23-21(25)13-18-5-2-6-19(22)12-18/h2,5-10,12,16H,3-4,11,13-15H2,1H3,(H,23,25)/t16-/m1/s1. The lowest BCUT2D eigenvalue weighted by Gasteiger charge is -2.32. The summed E-state index contributed by atoms with van der Waals surface area (Å²) in [5, 5.41) is 3.01. The topological polar surface area (TPSA) is 32.3 Å². The van der Waals surface area contributed by atoms with E-state index in [1.807, 2.05) is 24.3 Å². The normalized spacial score (nSPS) is 17.4. The number of anilines is 1. The van der Waals surface area contributed by atoms with Crippen LogP contribution in [0.25, 0.3) is 0 Å². The van der Waals surface area contributed by atoms with Crippen molar-refractivity contribution in [3.8, 4) is 0 Å². The van der Waals surface area contributed by atoms with Crippen LogP contribution in [0.15, 0.2) is 53.0 Å². The number of hydrogen-bond acceptors (Lipinski definition) is 2. The molecule has 3 rings (SSSR count). The molecule has 0 spiro atoms. The lowest BCUT2D eigenvalue weighted by atomic mass is 9.99. The van der Waals surface area contributed by atoms with Crippen molar-refractivity contribution in [1.82, 2.24) is 5.32 Å². The Morgan fingerprint density at radius 3 is 2.72 bits per heavy atom. The molecule has 1 amide bonds. The molecule has 3 nitrogen and oxygen atoms in total. The summed E-state index contributed by atoms with van der Waals surface area (Å²) in [6.45, 7) is 5.18. The molecule has 1 heterocycles. The number of carbonyl (C=O) groups is 1. The molecule has 0 aliphatic carbocycles. The highest BCUT2D eigenvalue weighted by Crippen LogP contribution is 2.23. The molecule has 1 aliphatic heterocycles. The second-order valence-electron chi connectivity index (χ2n) is 6.94. The van der Waals surface area contributed by atoms with Crippen LogP contribution in [0.3, 0.4) is 0 Å². The summed E-state index contributed by atoms with van der Waals surface area (Å²) in [5.74, 6) is 0.817. The third kappa shape index (κ3) is 5.33. The summed E-state index contributed by atoms with van der Waals surface area (Å²) >= 11 is 3.44. The van der Waals surface area contributed by atoms with Crippen LogP contribution in [-0.4, -0.2) is 19.0 Å². The summed E-state index contributed by atoms with van der Waals surface area (Å²) in [6.07, 6.45) is 3.01. The van der Waals surface area contributed by atoms with E-state index in [1.54, 1.807) is 0 Å². The van der Waals surface area contributed by atoms with Gasteiger partial charge < -0.3 is 10.2 Å². The molecule has 0 radical (unpaired) electrons. The Morgan fingerprint density at radius 2 is 2.00 bits per heavy atom. The molecule has 4 heteroatoms. The van der Waals surface area contributed by atoms with Crippen LogP contribution in [0.4, 0.5) is 5.69 Å². The first-order chi connectivity index (χ1) is 12.1. The zero-order valence-corrected chi connectivity index (χ0v) is 16.3. The van der Waals surface area contributed by atoms with E-state index in [1.165, 1.54) is 18.5 Å². The average Bonchev–Trinajstić information content (AvgIpc) is 2.60. The molecule has 1 atom stereocenters. The summed E-state index contributed by atoms with van der Waals surface area (Å²) in [4.78, 5) is 14.6. The number of amides is 1. The van der Waals surface area contributed by atoms with E-state index in [4.69, 9.17) is 0 Å². The van der Waals surface area contributed by atoms with Gasteiger partial charge in [0.2, 0.25) is 5.91 Å². The number of hydrogen-bond donors (Lipinski definition) is 1. The number of nitrogens with zero attached hydrogens (tertiary/aromatic N) is 1. The van der Waals surface area contributed by atoms with Crippen molar-refractivity contribution in [1.29, 1.82) is 0 Å². The minimum atomic E-state index is 0.0482. The fourth-order valence-electron chi connectivity index (χ4n) is 3.34. The maximum atomic E-state index is 12.1. The lowest BCUT2D eigenvalue weighted by Crippen LogP contribution is -2.34. The fraction of sp³-hybridized carbons (Fsp3) is 0.381. The number of rotatable bonds is 5. The van der Waals surface area contributed by atoms with Gasteiger partial charge in [0, 0.05) is 29.8 Å². The Morgan fingerprint density at radius 1 is 1.20 bits per heavy atom. The Kier molecular flexibility index (Phi) is 6.14. The van der Waals surface area contributed by atoms with Crippen molar-refractivity contribution in [3.63, 3.8) is 0 Å². The van der Waals surface area contributed by atoms with Crippen molar-refractivity contribution < 1.29 is 4.79 Å². The van der Waals surface area contributed by atoms with Crippen LogP contribution in [-0.2, 0) is 17.8 Å². The van der Waals surface area contributed by atoms with Crippen molar-refractivity contribution in [2.45, 2.75) is 32.7 Å². The zero-order valence-electron chi connectivity index (χ0n) is 14.7. The molecule has 0 unspecified atom stereocenters. The maximum absolute atomic E-state index is 12.1. The Bertz CT molecular complexity index is 714. The number of halogens is 1. The van der Waals surface area contributed by atoms with Gasteiger partial charge in [0.25, 0.3) is 0 Å². The smallest absolute Gasteiger partial charge is 0.224 e. The van der Waals surface area contributed by atoms with Gasteiger partial charge in [-0.3, -0.25) is 4.79 Å². The van der Waals surface area contributed by atoms with Crippen molar-refractivity contribution >= 4 is 27.5 Å². The molecular formula is C21H25BrN2O. The summed E-state index contributed by atoms with van der Waals surface area (Å²) in [7, 11) is 0. The molecule has 1 N–H and O–H groups in total. The van der Waals surface area contributed by atoms with Gasteiger partial charge in [0.1, 0.15) is 0 Å². The molecule has 1 fully saturated rings. The van der Waals surface area contributed by atoms with Crippen LogP contribution in [0.2, 0.25) is 0 Å². The van der Waals surface area contributed by atoms with E-state index in [0.717, 1.165) is 34.6 Å². The average molecular weight is 401 g/mol. The second kappa shape index (κ2) is 8.52. The van der Waals surface area contributed by atoms with Gasteiger partial charge in [-0.25, -0.2) is 0 Å². The fourth-order valence-corrected chi connectivity index (χ4v) is 3.79. The van der Waals surface area contributed by atoms with E-state index in [2.05, 4.69) is 57.3 Å². The molecule has 132 valence electrons. The predicted octanol–water partition coefficient (Wildman–Crippen LogP) is 4.54. The minimum Gasteiger partial charge on any atom is -0.371 e. The van der Waals surface area contributed by atoms with Gasteiger partial charge in [-0.2, -0.15) is 0 Å². The third-order valence-corrected chi connectivity index (χ3v) is 5.20. The Labute approximate surface area is 158 Å². The molecule has 2 aromatic rings. The minimum absolute atomic E-state index is 0.0482. The van der Waals surface area contributed by atoms with E-state index < -0.39 is 0 Å². The molecule has 0 aromatic heterocycles. The summed E-state index contributed by atoms with van der Waals surface area (Å²) < 4.78 is 1.00. The Hall–Kier alpha value is -1.81. The number of benzene rings is 2. The van der Waals surface area contributed by atoms with Crippen molar-refractivity contribution in [2.75, 3.05) is 18.0 Å². The third-order valence-electron chi connectivity index (χ3n) is 4.70. The molecule has 0 saturated carbocycles. The zero-order chi connectivity index (χ0) is 17.6. The highest BCUT2D eigenvalue weighted by molar-refractivity contribution is 9.10. The van der Waals surface area contributed by atoms with Gasteiger partial charge >= 0.3 is 0 Å². The quantitative estimate of drug-likeness (QED) is 0.798. The second-order valence-corrected chi connectivity index (χ2v) is 7.86. The summed E-state index contributed by atoms with van der Waals surface area (Å²) in [5.41, 5.74) is 3.44.